The lowest BCUT2D eigenvalue weighted by Crippen LogP contribution is -2.52. The molecule has 8 heteroatoms. The molecule has 7 nitrogen and oxygen atoms in total. The minimum Gasteiger partial charge on any atom is -0.322 e. The Morgan fingerprint density at radius 2 is 2.08 bits per heavy atom. The predicted molar refractivity (Wildman–Crippen MR) is 90.9 cm³/mol. The Morgan fingerprint density at radius 1 is 1.23 bits per heavy atom. The van der Waals surface area contributed by atoms with Crippen molar-refractivity contribution in [1.29, 1.82) is 0 Å². The molecule has 0 saturated carbocycles. The molecule has 1 aromatic carbocycles. The van der Waals surface area contributed by atoms with Crippen molar-refractivity contribution in [3.05, 3.63) is 34.9 Å². The first-order valence-electron chi connectivity index (χ1n) is 8.87. The number of carbonyl (C=O) groups is 3. The van der Waals surface area contributed by atoms with Gasteiger partial charge in [0.25, 0.3) is 5.91 Å². The summed E-state index contributed by atoms with van der Waals surface area (Å²) in [7, 11) is 0. The van der Waals surface area contributed by atoms with Crippen LogP contribution in [0.3, 0.4) is 0 Å². The summed E-state index contributed by atoms with van der Waals surface area (Å²) >= 11 is 0. The number of carbonyl (C=O) groups excluding carboxylic acids is 3. The van der Waals surface area contributed by atoms with Crippen molar-refractivity contribution in [3.63, 3.8) is 0 Å². The fourth-order valence-corrected chi connectivity index (χ4v) is 3.81. The van der Waals surface area contributed by atoms with Crippen molar-refractivity contribution in [2.24, 2.45) is 0 Å². The van der Waals surface area contributed by atoms with Gasteiger partial charge in [-0.3, -0.25) is 19.7 Å². The van der Waals surface area contributed by atoms with Gasteiger partial charge in [0.2, 0.25) is 11.8 Å². The van der Waals surface area contributed by atoms with Crippen LogP contribution in [0, 0.1) is 0 Å². The Balaban J connectivity index is 1.45. The first-order chi connectivity index (χ1) is 12.5. The zero-order chi connectivity index (χ0) is 18.3. The van der Waals surface area contributed by atoms with Crippen molar-refractivity contribution >= 4 is 17.7 Å². The first-order valence-corrected chi connectivity index (χ1v) is 8.87. The number of rotatable bonds is 4. The highest BCUT2D eigenvalue weighted by molar-refractivity contribution is 6.05. The Morgan fingerprint density at radius 3 is 2.81 bits per heavy atom. The minimum atomic E-state index is -0.908. The molecule has 4 rings (SSSR count). The Kier molecular flexibility index (Phi) is 4.46. The number of halogens is 1. The molecule has 3 aliphatic rings. The largest absolute Gasteiger partial charge is 0.322 e. The number of imide groups is 1. The first kappa shape index (κ1) is 17.1. The molecule has 0 spiro atoms. The van der Waals surface area contributed by atoms with Gasteiger partial charge in [0.1, 0.15) is 12.2 Å². The SMILES string of the molecule is O=C1CCC(N2Cc3ccc(CN[C@@H]4CNC[C@@H]4F)cc3C2=O)C(=O)N1. The van der Waals surface area contributed by atoms with Gasteiger partial charge >= 0.3 is 0 Å². The van der Waals surface area contributed by atoms with E-state index in [0.29, 0.717) is 38.2 Å². The van der Waals surface area contributed by atoms with Gasteiger partial charge in [-0.1, -0.05) is 12.1 Å². The molecule has 3 heterocycles. The normalized spacial score (nSPS) is 28.4. The number of piperidine rings is 1. The zero-order valence-corrected chi connectivity index (χ0v) is 14.3. The average molecular weight is 360 g/mol. The lowest BCUT2D eigenvalue weighted by molar-refractivity contribution is -0.136. The van der Waals surface area contributed by atoms with Crippen molar-refractivity contribution in [2.45, 2.75) is 44.2 Å². The second-order valence-electron chi connectivity index (χ2n) is 7.05. The fourth-order valence-electron chi connectivity index (χ4n) is 3.81. The number of hydrogen-bond acceptors (Lipinski definition) is 5. The van der Waals surface area contributed by atoms with E-state index in [-0.39, 0.29) is 24.3 Å². The molecule has 0 aromatic heterocycles. The smallest absolute Gasteiger partial charge is 0.255 e. The maximum absolute atomic E-state index is 13.6. The molecular formula is C18H21FN4O3. The zero-order valence-electron chi connectivity index (χ0n) is 14.3. The highest BCUT2D eigenvalue weighted by atomic mass is 19.1. The molecule has 0 bridgehead atoms. The van der Waals surface area contributed by atoms with E-state index < -0.39 is 18.1 Å². The van der Waals surface area contributed by atoms with E-state index in [1.54, 1.807) is 0 Å². The van der Waals surface area contributed by atoms with Crippen molar-refractivity contribution in [2.75, 3.05) is 13.1 Å². The number of nitrogens with one attached hydrogen (secondary N) is 3. The summed E-state index contributed by atoms with van der Waals surface area (Å²) in [5.74, 6) is -0.898. The summed E-state index contributed by atoms with van der Waals surface area (Å²) in [6.07, 6.45) is -0.314. The highest BCUT2D eigenvalue weighted by Crippen LogP contribution is 2.28. The lowest BCUT2D eigenvalue weighted by atomic mass is 10.0. The summed E-state index contributed by atoms with van der Waals surface area (Å²) in [4.78, 5) is 37.7. The van der Waals surface area contributed by atoms with Crippen LogP contribution in [0.4, 0.5) is 4.39 Å². The van der Waals surface area contributed by atoms with Crippen LogP contribution in [0.25, 0.3) is 0 Å². The second-order valence-corrected chi connectivity index (χ2v) is 7.05. The van der Waals surface area contributed by atoms with E-state index in [1.807, 2.05) is 18.2 Å². The molecule has 2 saturated heterocycles. The summed E-state index contributed by atoms with van der Waals surface area (Å²) in [5.41, 5.74) is 2.35. The fraction of sp³-hybridized carbons (Fsp3) is 0.500. The van der Waals surface area contributed by atoms with Crippen molar-refractivity contribution < 1.29 is 18.8 Å². The van der Waals surface area contributed by atoms with E-state index in [0.717, 1.165) is 11.1 Å². The van der Waals surface area contributed by atoms with Crippen LogP contribution in [0.1, 0.15) is 34.3 Å². The van der Waals surface area contributed by atoms with Crippen molar-refractivity contribution in [3.8, 4) is 0 Å². The molecule has 3 amide bonds. The van der Waals surface area contributed by atoms with Gasteiger partial charge in [-0.15, -0.1) is 0 Å². The number of amides is 3. The van der Waals surface area contributed by atoms with E-state index >= 15 is 0 Å². The van der Waals surface area contributed by atoms with Crippen LogP contribution in [0.5, 0.6) is 0 Å². The van der Waals surface area contributed by atoms with Crippen molar-refractivity contribution in [1.82, 2.24) is 20.9 Å². The number of nitrogens with zero attached hydrogens (tertiary/aromatic N) is 1. The molecule has 2 fully saturated rings. The highest BCUT2D eigenvalue weighted by Gasteiger charge is 2.39. The maximum atomic E-state index is 13.6. The average Bonchev–Trinajstić information content (AvgIpc) is 3.17. The van der Waals surface area contributed by atoms with Crippen LogP contribution >= 0.6 is 0 Å². The second kappa shape index (κ2) is 6.77. The molecule has 26 heavy (non-hydrogen) atoms. The molecular weight excluding hydrogens is 339 g/mol. The number of fused-ring (bicyclic) bond motifs is 1. The minimum absolute atomic E-state index is 0.192. The Hall–Kier alpha value is -2.32. The molecule has 0 aliphatic carbocycles. The molecule has 1 aromatic rings. The van der Waals surface area contributed by atoms with Crippen LogP contribution in [0.2, 0.25) is 0 Å². The molecule has 1 unspecified atom stereocenters. The summed E-state index contributed by atoms with van der Waals surface area (Å²) in [5, 5.41) is 8.47. The third-order valence-electron chi connectivity index (χ3n) is 5.30. The third kappa shape index (κ3) is 3.10. The summed E-state index contributed by atoms with van der Waals surface area (Å²) in [6, 6.07) is 4.79. The Labute approximate surface area is 150 Å². The third-order valence-corrected chi connectivity index (χ3v) is 5.30. The quantitative estimate of drug-likeness (QED) is 0.650. The van der Waals surface area contributed by atoms with Gasteiger partial charge < -0.3 is 15.5 Å². The van der Waals surface area contributed by atoms with E-state index in [1.165, 1.54) is 4.90 Å². The molecule has 0 radical (unpaired) electrons. The standard InChI is InChI=1S/C18H21FN4O3/c19-13-7-20-8-14(13)21-6-10-1-2-11-9-23(18(26)12(11)5-10)15-3-4-16(24)22-17(15)25/h1-2,5,13-15,20-21H,3-4,6-9H2,(H,22,24,25)/t13-,14+,15?/m0/s1. The summed E-state index contributed by atoms with van der Waals surface area (Å²) in [6.45, 7) is 1.80. The van der Waals surface area contributed by atoms with Gasteiger partial charge in [-0.25, -0.2) is 4.39 Å². The van der Waals surface area contributed by atoms with Gasteiger partial charge in [0.05, 0.1) is 6.04 Å². The van der Waals surface area contributed by atoms with E-state index in [9.17, 15) is 18.8 Å². The summed E-state index contributed by atoms with van der Waals surface area (Å²) < 4.78 is 13.6. The predicted octanol–water partition coefficient (Wildman–Crippen LogP) is -0.153. The monoisotopic (exact) mass is 360 g/mol. The molecule has 138 valence electrons. The van der Waals surface area contributed by atoms with Gasteiger partial charge in [0.15, 0.2) is 0 Å². The number of benzene rings is 1. The maximum Gasteiger partial charge on any atom is 0.255 e. The van der Waals surface area contributed by atoms with Gasteiger partial charge in [0, 0.05) is 38.2 Å². The molecule has 3 aliphatic heterocycles. The molecule has 3 N–H and O–H groups in total. The van der Waals surface area contributed by atoms with Crippen LogP contribution in [0.15, 0.2) is 18.2 Å². The van der Waals surface area contributed by atoms with Gasteiger partial charge in [-0.05, 0) is 23.6 Å². The van der Waals surface area contributed by atoms with E-state index in [4.69, 9.17) is 0 Å². The molecule has 3 atom stereocenters. The van der Waals surface area contributed by atoms with E-state index in [2.05, 4.69) is 16.0 Å². The van der Waals surface area contributed by atoms with Crippen LogP contribution in [-0.4, -0.2) is 54.0 Å². The topological polar surface area (TPSA) is 90.5 Å². The number of alkyl halides is 1. The lowest BCUT2D eigenvalue weighted by Gasteiger charge is -2.29. The number of hydrogen-bond donors (Lipinski definition) is 3. The Bertz CT molecular complexity index is 769. The van der Waals surface area contributed by atoms with Gasteiger partial charge in [-0.2, -0.15) is 0 Å². The van der Waals surface area contributed by atoms with Crippen LogP contribution < -0.4 is 16.0 Å². The van der Waals surface area contributed by atoms with Crippen LogP contribution in [-0.2, 0) is 22.7 Å².